The standard InChI is InChI=1S/C24H32N4O4/c1-16-9-6-7-10-20(16)24(14-22(30)28(23(24)31)11-8-12-32-5)13-21(29)25-17(2)19-15-27(4)26-18(19)3/h6-7,9-10,15,17H,8,11-14H2,1-5H3,(H,25,29). The number of amides is 3. The van der Waals surface area contributed by atoms with E-state index >= 15 is 0 Å². The number of carbonyl (C=O) groups is 3. The van der Waals surface area contributed by atoms with Crippen molar-refractivity contribution in [2.24, 2.45) is 7.05 Å². The van der Waals surface area contributed by atoms with Crippen LogP contribution in [0.2, 0.25) is 0 Å². The number of nitrogens with zero attached hydrogens (tertiary/aromatic N) is 3. The van der Waals surface area contributed by atoms with Gasteiger partial charge in [0.05, 0.1) is 17.2 Å². The zero-order chi connectivity index (χ0) is 23.5. The van der Waals surface area contributed by atoms with Crippen molar-refractivity contribution in [1.82, 2.24) is 20.0 Å². The highest BCUT2D eigenvalue weighted by atomic mass is 16.5. The van der Waals surface area contributed by atoms with Crippen LogP contribution in [0.25, 0.3) is 0 Å². The number of imide groups is 1. The van der Waals surface area contributed by atoms with Gasteiger partial charge in [-0.05, 0) is 38.3 Å². The molecule has 0 aliphatic carbocycles. The van der Waals surface area contributed by atoms with Gasteiger partial charge in [0.15, 0.2) is 0 Å². The van der Waals surface area contributed by atoms with E-state index < -0.39 is 5.41 Å². The van der Waals surface area contributed by atoms with Crippen molar-refractivity contribution in [3.8, 4) is 0 Å². The molecular formula is C24H32N4O4. The van der Waals surface area contributed by atoms with Gasteiger partial charge in [-0.2, -0.15) is 5.10 Å². The molecule has 1 saturated heterocycles. The first-order valence-corrected chi connectivity index (χ1v) is 10.9. The van der Waals surface area contributed by atoms with Gasteiger partial charge < -0.3 is 10.1 Å². The maximum absolute atomic E-state index is 13.6. The van der Waals surface area contributed by atoms with Gasteiger partial charge >= 0.3 is 0 Å². The van der Waals surface area contributed by atoms with E-state index in [0.717, 1.165) is 22.4 Å². The lowest BCUT2D eigenvalue weighted by Gasteiger charge is -2.29. The average molecular weight is 441 g/mol. The molecule has 8 heteroatoms. The van der Waals surface area contributed by atoms with Gasteiger partial charge in [0, 0.05) is 51.9 Å². The largest absolute Gasteiger partial charge is 0.385 e. The zero-order valence-corrected chi connectivity index (χ0v) is 19.5. The lowest BCUT2D eigenvalue weighted by Crippen LogP contribution is -2.43. The number of likely N-dealkylation sites (tertiary alicyclic amines) is 1. The summed E-state index contributed by atoms with van der Waals surface area (Å²) in [7, 11) is 3.42. The highest BCUT2D eigenvalue weighted by molar-refractivity contribution is 6.11. The van der Waals surface area contributed by atoms with Crippen molar-refractivity contribution >= 4 is 17.7 Å². The average Bonchev–Trinajstić information content (AvgIpc) is 3.19. The minimum atomic E-state index is -1.21. The topological polar surface area (TPSA) is 93.5 Å². The Bertz CT molecular complexity index is 1020. The molecule has 2 atom stereocenters. The van der Waals surface area contributed by atoms with Crippen LogP contribution in [0, 0.1) is 13.8 Å². The first kappa shape index (κ1) is 23.7. The molecule has 1 aliphatic heterocycles. The van der Waals surface area contributed by atoms with Crippen molar-refractivity contribution in [2.45, 2.75) is 51.5 Å². The molecule has 3 rings (SSSR count). The number of rotatable bonds is 9. The molecule has 0 spiro atoms. The van der Waals surface area contributed by atoms with Crippen LogP contribution < -0.4 is 5.32 Å². The summed E-state index contributed by atoms with van der Waals surface area (Å²) in [4.78, 5) is 40.9. The number of carbonyl (C=O) groups excluding carboxylic acids is 3. The summed E-state index contributed by atoms with van der Waals surface area (Å²) < 4.78 is 6.78. The summed E-state index contributed by atoms with van der Waals surface area (Å²) in [6, 6.07) is 7.21. The molecule has 2 unspecified atom stereocenters. The second-order valence-corrected chi connectivity index (χ2v) is 8.58. The smallest absolute Gasteiger partial charge is 0.240 e. The monoisotopic (exact) mass is 440 g/mol. The second kappa shape index (κ2) is 9.65. The fourth-order valence-electron chi connectivity index (χ4n) is 4.64. The van der Waals surface area contributed by atoms with Crippen molar-refractivity contribution in [1.29, 1.82) is 0 Å². The first-order chi connectivity index (χ1) is 15.2. The van der Waals surface area contributed by atoms with E-state index in [2.05, 4.69) is 10.4 Å². The van der Waals surface area contributed by atoms with Gasteiger partial charge in [-0.3, -0.25) is 24.0 Å². The molecule has 3 amide bonds. The van der Waals surface area contributed by atoms with E-state index in [4.69, 9.17) is 4.74 Å². The molecular weight excluding hydrogens is 408 g/mol. The number of hydrogen-bond acceptors (Lipinski definition) is 5. The summed E-state index contributed by atoms with van der Waals surface area (Å²) in [5, 5.41) is 7.33. The maximum Gasteiger partial charge on any atom is 0.240 e. The highest BCUT2D eigenvalue weighted by Crippen LogP contribution is 2.41. The normalized spacial score (nSPS) is 19.5. The molecule has 0 bridgehead atoms. The van der Waals surface area contributed by atoms with E-state index in [-0.39, 0.29) is 43.1 Å². The molecule has 8 nitrogen and oxygen atoms in total. The Kier molecular flexibility index (Phi) is 7.13. The Balaban J connectivity index is 1.88. The molecule has 1 fully saturated rings. The molecule has 172 valence electrons. The van der Waals surface area contributed by atoms with Crippen LogP contribution in [0.4, 0.5) is 0 Å². The fourth-order valence-corrected chi connectivity index (χ4v) is 4.64. The van der Waals surface area contributed by atoms with E-state index in [9.17, 15) is 14.4 Å². The van der Waals surface area contributed by atoms with Crippen LogP contribution in [0.15, 0.2) is 30.5 Å². The lowest BCUT2D eigenvalue weighted by molar-refractivity contribution is -0.141. The minimum absolute atomic E-state index is 0.0165. The number of methoxy groups -OCH3 is 1. The van der Waals surface area contributed by atoms with Gasteiger partial charge in [0.2, 0.25) is 17.7 Å². The Morgan fingerprint density at radius 1 is 1.28 bits per heavy atom. The predicted octanol–water partition coefficient (Wildman–Crippen LogP) is 2.34. The lowest BCUT2D eigenvalue weighted by atomic mass is 9.74. The number of aromatic nitrogens is 2. The highest BCUT2D eigenvalue weighted by Gasteiger charge is 2.54. The zero-order valence-electron chi connectivity index (χ0n) is 19.5. The number of hydrogen-bond donors (Lipinski definition) is 1. The second-order valence-electron chi connectivity index (χ2n) is 8.58. The Morgan fingerprint density at radius 3 is 2.62 bits per heavy atom. The Labute approximate surface area is 188 Å². The summed E-state index contributed by atoms with van der Waals surface area (Å²) in [6.45, 7) is 6.43. The van der Waals surface area contributed by atoms with Gasteiger partial charge in [-0.25, -0.2) is 0 Å². The van der Waals surface area contributed by atoms with Crippen molar-refractivity contribution in [3.63, 3.8) is 0 Å². The summed E-state index contributed by atoms with van der Waals surface area (Å²) >= 11 is 0. The molecule has 1 N–H and O–H groups in total. The third kappa shape index (κ3) is 4.60. The van der Waals surface area contributed by atoms with E-state index in [0.29, 0.717) is 13.0 Å². The summed E-state index contributed by atoms with van der Waals surface area (Å²) in [5.74, 6) is -0.838. The van der Waals surface area contributed by atoms with E-state index in [1.807, 2.05) is 58.3 Å². The quantitative estimate of drug-likeness (QED) is 0.477. The molecule has 0 radical (unpaired) electrons. The SMILES string of the molecule is COCCCN1C(=O)CC(CC(=O)NC(C)c2cn(C)nc2C)(c2ccccc2C)C1=O. The van der Waals surface area contributed by atoms with Crippen molar-refractivity contribution in [3.05, 3.63) is 52.8 Å². The molecule has 0 saturated carbocycles. The number of nitrogens with one attached hydrogen (secondary N) is 1. The first-order valence-electron chi connectivity index (χ1n) is 10.9. The van der Waals surface area contributed by atoms with Crippen LogP contribution in [-0.4, -0.2) is 52.7 Å². The van der Waals surface area contributed by atoms with Crippen LogP contribution in [0.3, 0.4) is 0 Å². The van der Waals surface area contributed by atoms with Gasteiger partial charge in [-0.15, -0.1) is 0 Å². The van der Waals surface area contributed by atoms with Crippen molar-refractivity contribution in [2.75, 3.05) is 20.3 Å². The Morgan fingerprint density at radius 2 is 2.00 bits per heavy atom. The predicted molar refractivity (Wildman–Crippen MR) is 120 cm³/mol. The summed E-state index contributed by atoms with van der Waals surface area (Å²) in [6.07, 6.45) is 2.32. The van der Waals surface area contributed by atoms with Gasteiger partial charge in [0.1, 0.15) is 0 Å². The maximum atomic E-state index is 13.6. The van der Waals surface area contributed by atoms with Gasteiger partial charge in [0.25, 0.3) is 0 Å². The molecule has 1 aromatic carbocycles. The van der Waals surface area contributed by atoms with Crippen LogP contribution >= 0.6 is 0 Å². The molecule has 1 aromatic heterocycles. The molecule has 1 aliphatic rings. The minimum Gasteiger partial charge on any atom is -0.385 e. The van der Waals surface area contributed by atoms with Crippen molar-refractivity contribution < 1.29 is 19.1 Å². The molecule has 2 heterocycles. The van der Waals surface area contributed by atoms with Crippen LogP contribution in [0.5, 0.6) is 0 Å². The molecule has 32 heavy (non-hydrogen) atoms. The number of aryl methyl sites for hydroxylation is 3. The fraction of sp³-hybridized carbons (Fsp3) is 0.500. The summed E-state index contributed by atoms with van der Waals surface area (Å²) in [5.41, 5.74) is 2.17. The number of ether oxygens (including phenoxy) is 1. The third-order valence-electron chi connectivity index (χ3n) is 6.16. The van der Waals surface area contributed by atoms with Crippen LogP contribution in [0.1, 0.15) is 54.6 Å². The van der Waals surface area contributed by atoms with Gasteiger partial charge in [-0.1, -0.05) is 24.3 Å². The third-order valence-corrected chi connectivity index (χ3v) is 6.16. The number of benzene rings is 1. The molecule has 2 aromatic rings. The van der Waals surface area contributed by atoms with Crippen LogP contribution in [-0.2, 0) is 31.6 Å². The van der Waals surface area contributed by atoms with E-state index in [1.165, 1.54) is 4.90 Å². The van der Waals surface area contributed by atoms with E-state index in [1.54, 1.807) is 11.8 Å². The Hall–Kier alpha value is -3.00.